The van der Waals surface area contributed by atoms with Gasteiger partial charge in [-0.2, -0.15) is 0 Å². The first kappa shape index (κ1) is 15.7. The van der Waals surface area contributed by atoms with Crippen molar-refractivity contribution in [1.82, 2.24) is 9.88 Å². The number of nitrogens with one attached hydrogen (secondary N) is 1. The Hall–Kier alpha value is -1.66. The van der Waals surface area contributed by atoms with Crippen molar-refractivity contribution in [2.45, 2.75) is 32.5 Å². The second-order valence-corrected chi connectivity index (χ2v) is 5.32. The van der Waals surface area contributed by atoms with Crippen molar-refractivity contribution in [3.63, 3.8) is 0 Å². The molecule has 0 bridgehead atoms. The van der Waals surface area contributed by atoms with Crippen molar-refractivity contribution >= 4 is 11.6 Å². The van der Waals surface area contributed by atoms with Crippen LogP contribution in [-0.4, -0.2) is 59.3 Å². The van der Waals surface area contributed by atoms with Crippen LogP contribution in [0.15, 0.2) is 18.3 Å². The van der Waals surface area contributed by atoms with Gasteiger partial charge in [0.15, 0.2) is 0 Å². The van der Waals surface area contributed by atoms with Crippen molar-refractivity contribution in [1.29, 1.82) is 0 Å². The van der Waals surface area contributed by atoms with Gasteiger partial charge in [0.2, 0.25) is 0 Å². The van der Waals surface area contributed by atoms with E-state index < -0.39 is 0 Å². The summed E-state index contributed by atoms with van der Waals surface area (Å²) in [6, 6.07) is 3.62. The number of pyridine rings is 1. The van der Waals surface area contributed by atoms with E-state index in [0.29, 0.717) is 18.8 Å². The van der Waals surface area contributed by atoms with E-state index in [1.54, 1.807) is 17.2 Å². The molecule has 2 unspecified atom stereocenters. The molecular weight excluding hydrogens is 270 g/mol. The number of ether oxygens (including phenoxy) is 1. The predicted molar refractivity (Wildman–Crippen MR) is 80.3 cm³/mol. The SMILES string of the molecule is CCCNc1ccnc(C(=O)N2CC(C)OC(CO)C2)c1. The molecule has 1 aliphatic heterocycles. The zero-order valence-corrected chi connectivity index (χ0v) is 12.6. The maximum atomic E-state index is 12.5. The van der Waals surface area contributed by atoms with Gasteiger partial charge in [-0.3, -0.25) is 9.78 Å². The minimum atomic E-state index is -0.320. The number of hydrogen-bond acceptors (Lipinski definition) is 5. The van der Waals surface area contributed by atoms with Gasteiger partial charge in [0, 0.05) is 31.5 Å². The van der Waals surface area contributed by atoms with Gasteiger partial charge in [-0.15, -0.1) is 0 Å². The number of aliphatic hydroxyl groups excluding tert-OH is 1. The molecule has 0 saturated carbocycles. The Morgan fingerprint density at radius 1 is 1.57 bits per heavy atom. The average Bonchev–Trinajstić information content (AvgIpc) is 2.51. The highest BCUT2D eigenvalue weighted by atomic mass is 16.5. The van der Waals surface area contributed by atoms with Crippen LogP contribution in [0.3, 0.4) is 0 Å². The summed E-state index contributed by atoms with van der Waals surface area (Å²) in [7, 11) is 0. The number of morpholine rings is 1. The number of rotatable bonds is 5. The number of hydrogen-bond donors (Lipinski definition) is 2. The van der Waals surface area contributed by atoms with Crippen LogP contribution in [-0.2, 0) is 4.74 Å². The quantitative estimate of drug-likeness (QED) is 0.851. The first-order chi connectivity index (χ1) is 10.1. The zero-order chi connectivity index (χ0) is 15.2. The van der Waals surface area contributed by atoms with Crippen molar-refractivity contribution in [2.24, 2.45) is 0 Å². The lowest BCUT2D eigenvalue weighted by molar-refractivity contribution is -0.0859. The van der Waals surface area contributed by atoms with Gasteiger partial charge in [-0.1, -0.05) is 6.92 Å². The Balaban J connectivity index is 2.08. The summed E-state index contributed by atoms with van der Waals surface area (Å²) < 4.78 is 5.55. The summed E-state index contributed by atoms with van der Waals surface area (Å²) in [5.74, 6) is -0.122. The number of anilines is 1. The van der Waals surface area contributed by atoms with E-state index in [4.69, 9.17) is 4.74 Å². The van der Waals surface area contributed by atoms with E-state index in [9.17, 15) is 9.90 Å². The van der Waals surface area contributed by atoms with Crippen LogP contribution >= 0.6 is 0 Å². The maximum Gasteiger partial charge on any atom is 0.272 e. The van der Waals surface area contributed by atoms with E-state index in [2.05, 4.69) is 17.2 Å². The third-order valence-corrected chi connectivity index (χ3v) is 3.38. The molecule has 2 rings (SSSR count). The molecule has 2 N–H and O–H groups in total. The smallest absolute Gasteiger partial charge is 0.272 e. The topological polar surface area (TPSA) is 74.7 Å². The third kappa shape index (κ3) is 4.15. The van der Waals surface area contributed by atoms with E-state index >= 15 is 0 Å². The van der Waals surface area contributed by atoms with Crippen LogP contribution in [0.5, 0.6) is 0 Å². The van der Waals surface area contributed by atoms with E-state index in [-0.39, 0.29) is 24.7 Å². The number of amides is 1. The van der Waals surface area contributed by atoms with E-state index in [1.807, 2.05) is 13.0 Å². The Kier molecular flexibility index (Phi) is 5.52. The van der Waals surface area contributed by atoms with Crippen molar-refractivity contribution < 1.29 is 14.6 Å². The third-order valence-electron chi connectivity index (χ3n) is 3.38. The van der Waals surface area contributed by atoms with Gasteiger partial charge in [0.1, 0.15) is 5.69 Å². The molecule has 6 heteroatoms. The minimum absolute atomic E-state index is 0.0822. The van der Waals surface area contributed by atoms with Crippen molar-refractivity contribution in [3.8, 4) is 0 Å². The van der Waals surface area contributed by atoms with Crippen LogP contribution in [0, 0.1) is 0 Å². The predicted octanol–water partition coefficient (Wildman–Crippen LogP) is 1.13. The Morgan fingerprint density at radius 3 is 3.10 bits per heavy atom. The summed E-state index contributed by atoms with van der Waals surface area (Å²) in [4.78, 5) is 18.4. The number of carbonyl (C=O) groups excluding carboxylic acids is 1. The van der Waals surface area contributed by atoms with Gasteiger partial charge in [-0.25, -0.2) is 0 Å². The summed E-state index contributed by atoms with van der Waals surface area (Å²) in [6.45, 7) is 5.68. The van der Waals surface area contributed by atoms with Crippen molar-refractivity contribution in [3.05, 3.63) is 24.0 Å². The first-order valence-electron chi connectivity index (χ1n) is 7.39. The maximum absolute atomic E-state index is 12.5. The highest BCUT2D eigenvalue weighted by molar-refractivity contribution is 5.93. The second-order valence-electron chi connectivity index (χ2n) is 5.32. The summed E-state index contributed by atoms with van der Waals surface area (Å²) in [5, 5.41) is 12.5. The highest BCUT2D eigenvalue weighted by Crippen LogP contribution is 2.15. The number of carbonyl (C=O) groups is 1. The molecule has 1 amide bonds. The van der Waals surface area contributed by atoms with Gasteiger partial charge in [0.25, 0.3) is 5.91 Å². The molecule has 1 fully saturated rings. The zero-order valence-electron chi connectivity index (χ0n) is 12.6. The molecule has 21 heavy (non-hydrogen) atoms. The molecule has 6 nitrogen and oxygen atoms in total. The molecular formula is C15H23N3O3. The standard InChI is InChI=1S/C15H23N3O3/c1-3-5-16-12-4-6-17-14(7-12)15(20)18-8-11(2)21-13(9-18)10-19/h4,6-7,11,13,19H,3,5,8-10H2,1-2H3,(H,16,17). The Morgan fingerprint density at radius 2 is 2.38 bits per heavy atom. The van der Waals surface area contributed by atoms with Gasteiger partial charge >= 0.3 is 0 Å². The molecule has 0 spiro atoms. The lowest BCUT2D eigenvalue weighted by Crippen LogP contribution is -2.50. The number of aromatic nitrogens is 1. The van der Waals surface area contributed by atoms with E-state index in [0.717, 1.165) is 18.7 Å². The lowest BCUT2D eigenvalue weighted by Gasteiger charge is -2.35. The van der Waals surface area contributed by atoms with Crippen LogP contribution < -0.4 is 5.32 Å². The lowest BCUT2D eigenvalue weighted by atomic mass is 10.2. The van der Waals surface area contributed by atoms with Gasteiger partial charge in [0.05, 0.1) is 18.8 Å². The molecule has 0 radical (unpaired) electrons. The molecule has 116 valence electrons. The number of nitrogens with zero attached hydrogens (tertiary/aromatic N) is 2. The van der Waals surface area contributed by atoms with E-state index in [1.165, 1.54) is 0 Å². The van der Waals surface area contributed by atoms with Crippen LogP contribution in [0.1, 0.15) is 30.8 Å². The molecule has 1 aromatic rings. The van der Waals surface area contributed by atoms with Gasteiger partial charge < -0.3 is 20.1 Å². The van der Waals surface area contributed by atoms with Crippen molar-refractivity contribution in [2.75, 3.05) is 31.6 Å². The fourth-order valence-corrected chi connectivity index (χ4v) is 2.40. The van der Waals surface area contributed by atoms with Crippen LogP contribution in [0.4, 0.5) is 5.69 Å². The fourth-order valence-electron chi connectivity index (χ4n) is 2.40. The van der Waals surface area contributed by atoms with Crippen LogP contribution in [0.25, 0.3) is 0 Å². The average molecular weight is 293 g/mol. The van der Waals surface area contributed by atoms with Crippen LogP contribution in [0.2, 0.25) is 0 Å². The molecule has 0 aromatic carbocycles. The van der Waals surface area contributed by atoms with Gasteiger partial charge in [-0.05, 0) is 25.5 Å². The monoisotopic (exact) mass is 293 g/mol. The summed E-state index contributed by atoms with van der Waals surface area (Å²) in [6.07, 6.45) is 2.25. The molecule has 1 aromatic heterocycles. The second kappa shape index (κ2) is 7.38. The number of aliphatic hydroxyl groups is 1. The largest absolute Gasteiger partial charge is 0.394 e. The Labute approximate surface area is 125 Å². The Bertz CT molecular complexity index is 481. The highest BCUT2D eigenvalue weighted by Gasteiger charge is 2.29. The summed E-state index contributed by atoms with van der Waals surface area (Å²) in [5.41, 5.74) is 1.32. The molecule has 1 aliphatic rings. The molecule has 2 heterocycles. The molecule has 0 aliphatic carbocycles. The molecule has 1 saturated heterocycles. The first-order valence-corrected chi connectivity index (χ1v) is 7.39. The normalized spacial score (nSPS) is 22.1. The summed E-state index contributed by atoms with van der Waals surface area (Å²) >= 11 is 0. The minimum Gasteiger partial charge on any atom is -0.394 e. The molecule has 2 atom stereocenters. The fraction of sp³-hybridized carbons (Fsp3) is 0.600.